The van der Waals surface area contributed by atoms with Crippen LogP contribution in [0.3, 0.4) is 0 Å². The number of esters is 1. The van der Waals surface area contributed by atoms with E-state index in [0.717, 1.165) is 6.42 Å². The number of carbonyl (C=O) groups excluding carboxylic acids is 1. The van der Waals surface area contributed by atoms with E-state index in [4.69, 9.17) is 25.8 Å². The highest BCUT2D eigenvalue weighted by Crippen LogP contribution is 2.38. The van der Waals surface area contributed by atoms with Gasteiger partial charge in [-0.05, 0) is 19.1 Å². The number of hydrogen-bond donors (Lipinski definition) is 0. The Labute approximate surface area is 162 Å². The minimum Gasteiger partial charge on any atom is -0.489 e. The van der Waals surface area contributed by atoms with E-state index < -0.39 is 5.97 Å². The normalized spacial score (nSPS) is 13.4. The third-order valence-corrected chi connectivity index (χ3v) is 4.94. The molecule has 1 aliphatic heterocycles. The lowest BCUT2D eigenvalue weighted by atomic mass is 10.2. The van der Waals surface area contributed by atoms with Crippen molar-refractivity contribution in [2.45, 2.75) is 20.0 Å². The second-order valence-corrected chi connectivity index (χ2v) is 7.29. The zero-order valence-electron chi connectivity index (χ0n) is 14.2. The summed E-state index contributed by atoms with van der Waals surface area (Å²) in [6, 6.07) is 4.41. The molecule has 140 valence electrons. The van der Waals surface area contributed by atoms with Crippen LogP contribution in [0.25, 0.3) is 4.96 Å². The van der Waals surface area contributed by atoms with Gasteiger partial charge in [0.1, 0.15) is 6.61 Å². The average Bonchev–Trinajstić information content (AvgIpc) is 2.88. The number of hydrogen-bond acceptors (Lipinski definition) is 8. The highest BCUT2D eigenvalue weighted by atomic mass is 35.5. The Kier molecular flexibility index (Phi) is 4.71. The van der Waals surface area contributed by atoms with Crippen LogP contribution < -0.4 is 15.0 Å². The van der Waals surface area contributed by atoms with E-state index >= 15 is 0 Å². The highest BCUT2D eigenvalue weighted by Gasteiger charge is 2.20. The molecule has 10 heteroatoms. The first-order chi connectivity index (χ1) is 13.0. The van der Waals surface area contributed by atoms with E-state index in [9.17, 15) is 9.59 Å². The van der Waals surface area contributed by atoms with Gasteiger partial charge in [0.15, 0.2) is 16.5 Å². The van der Waals surface area contributed by atoms with Gasteiger partial charge >= 0.3 is 5.97 Å². The number of aromatic nitrogens is 3. The van der Waals surface area contributed by atoms with Gasteiger partial charge in [0.2, 0.25) is 4.96 Å². The van der Waals surface area contributed by atoms with Crippen molar-refractivity contribution in [3.05, 3.63) is 49.8 Å². The molecule has 8 nitrogen and oxygen atoms in total. The molecule has 0 unspecified atom stereocenters. The Morgan fingerprint density at radius 1 is 1.33 bits per heavy atom. The molecular weight excluding hydrogens is 394 g/mol. The summed E-state index contributed by atoms with van der Waals surface area (Å²) in [6.45, 7) is 2.63. The molecule has 0 bridgehead atoms. The number of rotatable bonds is 3. The molecule has 0 aliphatic carbocycles. The zero-order valence-corrected chi connectivity index (χ0v) is 15.8. The largest absolute Gasteiger partial charge is 0.489 e. The Bertz CT molecular complexity index is 1090. The Morgan fingerprint density at radius 2 is 2.15 bits per heavy atom. The molecular formula is C17H14ClN3O5S. The van der Waals surface area contributed by atoms with E-state index in [1.165, 1.54) is 28.0 Å². The number of halogens is 1. The van der Waals surface area contributed by atoms with Crippen molar-refractivity contribution in [1.82, 2.24) is 14.6 Å². The number of aryl methyl sites for hydroxylation is 1. The molecule has 0 amide bonds. The monoisotopic (exact) mass is 407 g/mol. The van der Waals surface area contributed by atoms with Gasteiger partial charge in [-0.2, -0.15) is 9.61 Å². The van der Waals surface area contributed by atoms with Gasteiger partial charge in [0, 0.05) is 18.2 Å². The fraction of sp³-hybridized carbons (Fsp3) is 0.294. The summed E-state index contributed by atoms with van der Waals surface area (Å²) >= 11 is 7.38. The molecule has 1 aliphatic rings. The molecule has 0 radical (unpaired) electrons. The Hall–Kier alpha value is -2.65. The number of benzene rings is 1. The van der Waals surface area contributed by atoms with Crippen molar-refractivity contribution in [3.8, 4) is 11.5 Å². The van der Waals surface area contributed by atoms with Crippen LogP contribution in [0.4, 0.5) is 0 Å². The van der Waals surface area contributed by atoms with Gasteiger partial charge in [-0.25, -0.2) is 9.78 Å². The SMILES string of the molecule is Cc1cc(=O)n2nc(COC(=O)c3cc(Cl)c4c(c3)OCCCO4)sc2n1. The average molecular weight is 408 g/mol. The van der Waals surface area contributed by atoms with E-state index in [-0.39, 0.29) is 22.8 Å². The van der Waals surface area contributed by atoms with E-state index in [2.05, 4.69) is 10.1 Å². The number of fused-ring (bicyclic) bond motifs is 2. The smallest absolute Gasteiger partial charge is 0.338 e. The Morgan fingerprint density at radius 3 is 3.00 bits per heavy atom. The first-order valence-electron chi connectivity index (χ1n) is 8.14. The van der Waals surface area contributed by atoms with Crippen molar-refractivity contribution < 1.29 is 19.0 Å². The topological polar surface area (TPSA) is 92.0 Å². The quantitative estimate of drug-likeness (QED) is 0.616. The van der Waals surface area contributed by atoms with Crippen LogP contribution in [0.5, 0.6) is 11.5 Å². The van der Waals surface area contributed by atoms with Crippen LogP contribution in [-0.2, 0) is 11.3 Å². The summed E-state index contributed by atoms with van der Waals surface area (Å²) in [4.78, 5) is 29.0. The zero-order chi connectivity index (χ0) is 19.0. The molecule has 0 spiro atoms. The summed E-state index contributed by atoms with van der Waals surface area (Å²) in [6.07, 6.45) is 0.731. The molecule has 4 rings (SSSR count). The summed E-state index contributed by atoms with van der Waals surface area (Å²) < 4.78 is 17.6. The number of carbonyl (C=O) groups is 1. The van der Waals surface area contributed by atoms with Gasteiger partial charge in [0.05, 0.1) is 23.8 Å². The molecule has 27 heavy (non-hydrogen) atoms. The maximum Gasteiger partial charge on any atom is 0.338 e. The van der Waals surface area contributed by atoms with Gasteiger partial charge in [-0.15, -0.1) is 0 Å². The third kappa shape index (κ3) is 3.60. The molecule has 3 aromatic rings. The van der Waals surface area contributed by atoms with Gasteiger partial charge < -0.3 is 14.2 Å². The van der Waals surface area contributed by atoms with Gasteiger partial charge in [-0.1, -0.05) is 22.9 Å². The summed E-state index contributed by atoms with van der Waals surface area (Å²) in [5.41, 5.74) is 0.576. The lowest BCUT2D eigenvalue weighted by molar-refractivity contribution is 0.0471. The minimum absolute atomic E-state index is 0.0859. The van der Waals surface area contributed by atoms with Crippen molar-refractivity contribution in [2.75, 3.05) is 13.2 Å². The third-order valence-electron chi connectivity index (χ3n) is 3.78. The van der Waals surface area contributed by atoms with Crippen molar-refractivity contribution in [3.63, 3.8) is 0 Å². The lowest BCUT2D eigenvalue weighted by Crippen LogP contribution is -2.14. The molecule has 1 aromatic carbocycles. The predicted molar refractivity (Wildman–Crippen MR) is 98.0 cm³/mol. The van der Waals surface area contributed by atoms with Crippen LogP contribution in [0.2, 0.25) is 5.02 Å². The van der Waals surface area contributed by atoms with E-state index in [1.807, 2.05) is 0 Å². The van der Waals surface area contributed by atoms with Gasteiger partial charge in [-0.3, -0.25) is 4.79 Å². The molecule has 0 fully saturated rings. The number of nitrogens with zero attached hydrogens (tertiary/aromatic N) is 3. The molecule has 0 saturated heterocycles. The molecule has 0 N–H and O–H groups in total. The first kappa shape index (κ1) is 17.7. The second kappa shape index (κ2) is 7.16. The maximum absolute atomic E-state index is 12.4. The van der Waals surface area contributed by atoms with Gasteiger partial charge in [0.25, 0.3) is 5.56 Å². The molecule has 3 heterocycles. The minimum atomic E-state index is -0.580. The number of ether oxygens (including phenoxy) is 3. The first-order valence-corrected chi connectivity index (χ1v) is 9.33. The lowest BCUT2D eigenvalue weighted by Gasteiger charge is -2.11. The van der Waals surface area contributed by atoms with E-state index in [0.29, 0.717) is 40.4 Å². The highest BCUT2D eigenvalue weighted by molar-refractivity contribution is 7.16. The van der Waals surface area contributed by atoms with Crippen LogP contribution in [0, 0.1) is 6.92 Å². The molecule has 2 aromatic heterocycles. The standard InChI is InChI=1S/C17H14ClN3O5S/c1-9-5-14(22)21-17(19-9)27-13(20-21)8-26-16(23)10-6-11(18)15-12(7-10)24-3-2-4-25-15/h5-7H,2-4,8H2,1H3. The summed E-state index contributed by atoms with van der Waals surface area (Å²) in [5.74, 6) is 0.263. The fourth-order valence-corrected chi connectivity index (χ4v) is 3.70. The predicted octanol–water partition coefficient (Wildman–Crippen LogP) is 2.63. The summed E-state index contributed by atoms with van der Waals surface area (Å²) in [7, 11) is 0. The van der Waals surface area contributed by atoms with Crippen LogP contribution in [-0.4, -0.2) is 33.8 Å². The molecule has 0 saturated carbocycles. The second-order valence-electron chi connectivity index (χ2n) is 5.84. The van der Waals surface area contributed by atoms with Crippen molar-refractivity contribution >= 4 is 33.9 Å². The van der Waals surface area contributed by atoms with E-state index in [1.54, 1.807) is 13.0 Å². The molecule has 0 atom stereocenters. The van der Waals surface area contributed by atoms with Crippen molar-refractivity contribution in [2.24, 2.45) is 0 Å². The van der Waals surface area contributed by atoms with Crippen LogP contribution >= 0.6 is 22.9 Å². The Balaban J connectivity index is 1.53. The van der Waals surface area contributed by atoms with Crippen LogP contribution in [0.15, 0.2) is 23.0 Å². The van der Waals surface area contributed by atoms with Crippen LogP contribution in [0.1, 0.15) is 27.5 Å². The fourth-order valence-electron chi connectivity index (χ4n) is 2.58. The maximum atomic E-state index is 12.4. The summed E-state index contributed by atoms with van der Waals surface area (Å²) in [5, 5.41) is 4.87. The van der Waals surface area contributed by atoms with Crippen molar-refractivity contribution in [1.29, 1.82) is 0 Å².